The first-order valence-electron chi connectivity index (χ1n) is 5.37. The van der Waals surface area contributed by atoms with Crippen molar-refractivity contribution in [2.45, 2.75) is 39.5 Å². The molecular formula is C12H19Cl3N2O. The summed E-state index contributed by atoms with van der Waals surface area (Å²) in [7, 11) is 0. The highest BCUT2D eigenvalue weighted by atomic mass is 35.5. The molecule has 0 fully saturated rings. The summed E-state index contributed by atoms with van der Waals surface area (Å²) in [5, 5.41) is 13.4. The summed E-state index contributed by atoms with van der Waals surface area (Å²) in [6, 6.07) is 1.66. The number of anilines is 1. The molecule has 0 saturated carbocycles. The van der Waals surface area contributed by atoms with Crippen LogP contribution in [-0.4, -0.2) is 10.6 Å². The van der Waals surface area contributed by atoms with Crippen molar-refractivity contribution < 1.29 is 5.11 Å². The number of benzene rings is 1. The predicted molar refractivity (Wildman–Crippen MR) is 80.6 cm³/mol. The van der Waals surface area contributed by atoms with Crippen LogP contribution >= 0.6 is 35.6 Å². The standard InChI is InChI=1S/C12H18Cl2N2O.ClH/c1-12(2,3)16-5-8-7(6-17)4-9(13)11(15)10(8)14;/h4,16-17H,5-6,15H2,1-3H3;1H. The number of hydrogen-bond donors (Lipinski definition) is 3. The third kappa shape index (κ3) is 4.48. The molecule has 1 aromatic rings. The van der Waals surface area contributed by atoms with Gasteiger partial charge in [-0.2, -0.15) is 0 Å². The van der Waals surface area contributed by atoms with Gasteiger partial charge in [-0.25, -0.2) is 0 Å². The quantitative estimate of drug-likeness (QED) is 0.750. The Labute approximate surface area is 124 Å². The van der Waals surface area contributed by atoms with Crippen LogP contribution in [0.1, 0.15) is 31.9 Å². The summed E-state index contributed by atoms with van der Waals surface area (Å²) >= 11 is 12.1. The highest BCUT2D eigenvalue weighted by Crippen LogP contribution is 2.33. The molecule has 0 spiro atoms. The lowest BCUT2D eigenvalue weighted by Crippen LogP contribution is -2.35. The highest BCUT2D eigenvalue weighted by Gasteiger charge is 2.16. The Morgan fingerprint density at radius 2 is 1.89 bits per heavy atom. The van der Waals surface area contributed by atoms with Gasteiger partial charge < -0.3 is 16.2 Å². The van der Waals surface area contributed by atoms with E-state index in [0.29, 0.717) is 27.8 Å². The molecule has 0 unspecified atom stereocenters. The molecule has 104 valence electrons. The lowest BCUT2D eigenvalue weighted by molar-refractivity contribution is 0.279. The number of aliphatic hydroxyl groups is 1. The monoisotopic (exact) mass is 312 g/mol. The largest absolute Gasteiger partial charge is 0.396 e. The molecule has 0 aliphatic heterocycles. The molecule has 0 amide bonds. The van der Waals surface area contributed by atoms with E-state index in [1.165, 1.54) is 0 Å². The molecule has 0 heterocycles. The van der Waals surface area contributed by atoms with Crippen LogP contribution in [0, 0.1) is 0 Å². The SMILES string of the molecule is CC(C)(C)NCc1c(CO)cc(Cl)c(N)c1Cl.Cl. The van der Waals surface area contributed by atoms with E-state index in [0.717, 1.165) is 5.56 Å². The van der Waals surface area contributed by atoms with Gasteiger partial charge in [0, 0.05) is 12.1 Å². The first-order valence-corrected chi connectivity index (χ1v) is 6.13. The average Bonchev–Trinajstić information content (AvgIpc) is 2.22. The van der Waals surface area contributed by atoms with E-state index in [1.54, 1.807) is 6.07 Å². The van der Waals surface area contributed by atoms with Crippen molar-refractivity contribution in [2.24, 2.45) is 0 Å². The van der Waals surface area contributed by atoms with Crippen molar-refractivity contribution >= 4 is 41.3 Å². The van der Waals surface area contributed by atoms with Crippen LogP contribution in [0.15, 0.2) is 6.07 Å². The van der Waals surface area contributed by atoms with E-state index in [4.69, 9.17) is 28.9 Å². The molecule has 0 atom stereocenters. The minimum absolute atomic E-state index is 0. The molecule has 1 rings (SSSR count). The fourth-order valence-corrected chi connectivity index (χ4v) is 1.98. The third-order valence-corrected chi connectivity index (χ3v) is 3.16. The maximum Gasteiger partial charge on any atom is 0.0699 e. The van der Waals surface area contributed by atoms with Crippen LogP contribution in [0.2, 0.25) is 10.0 Å². The highest BCUT2D eigenvalue weighted by molar-refractivity contribution is 6.39. The Morgan fingerprint density at radius 3 is 2.33 bits per heavy atom. The number of aliphatic hydroxyl groups excluding tert-OH is 1. The Kier molecular flexibility index (Phi) is 6.75. The minimum atomic E-state index is -0.110. The van der Waals surface area contributed by atoms with Crippen LogP contribution in [0.25, 0.3) is 0 Å². The first kappa shape index (κ1) is 17.8. The maximum atomic E-state index is 9.30. The van der Waals surface area contributed by atoms with Gasteiger partial charge in [0.2, 0.25) is 0 Å². The Hall–Kier alpha value is -0.190. The van der Waals surface area contributed by atoms with Gasteiger partial charge in [-0.05, 0) is 38.0 Å². The zero-order valence-corrected chi connectivity index (χ0v) is 13.0. The molecule has 6 heteroatoms. The van der Waals surface area contributed by atoms with Gasteiger partial charge in [-0.1, -0.05) is 23.2 Å². The summed E-state index contributed by atoms with van der Waals surface area (Å²) < 4.78 is 0. The summed E-state index contributed by atoms with van der Waals surface area (Å²) in [4.78, 5) is 0. The number of halogens is 3. The molecule has 1 aromatic carbocycles. The van der Waals surface area contributed by atoms with Crippen molar-refractivity contribution in [2.75, 3.05) is 5.73 Å². The molecule has 18 heavy (non-hydrogen) atoms. The Balaban J connectivity index is 0.00000289. The van der Waals surface area contributed by atoms with Crippen molar-refractivity contribution in [3.05, 3.63) is 27.2 Å². The lowest BCUT2D eigenvalue weighted by Gasteiger charge is -2.22. The smallest absolute Gasteiger partial charge is 0.0699 e. The van der Waals surface area contributed by atoms with Gasteiger partial charge in [0.05, 0.1) is 22.3 Å². The summed E-state index contributed by atoms with van der Waals surface area (Å²) in [5.41, 5.74) is 7.59. The molecule has 0 aliphatic carbocycles. The zero-order chi connectivity index (χ0) is 13.2. The molecular weight excluding hydrogens is 295 g/mol. The molecule has 3 nitrogen and oxygen atoms in total. The van der Waals surface area contributed by atoms with E-state index >= 15 is 0 Å². The van der Waals surface area contributed by atoms with Crippen LogP contribution in [-0.2, 0) is 13.2 Å². The number of rotatable bonds is 3. The van der Waals surface area contributed by atoms with Crippen molar-refractivity contribution in [1.82, 2.24) is 5.32 Å². The van der Waals surface area contributed by atoms with Gasteiger partial charge in [-0.15, -0.1) is 12.4 Å². The number of nitrogens with one attached hydrogen (secondary N) is 1. The second-order valence-electron chi connectivity index (χ2n) is 4.99. The van der Waals surface area contributed by atoms with Gasteiger partial charge in [0.15, 0.2) is 0 Å². The van der Waals surface area contributed by atoms with Crippen molar-refractivity contribution in [3.63, 3.8) is 0 Å². The van der Waals surface area contributed by atoms with Crippen LogP contribution in [0.3, 0.4) is 0 Å². The van der Waals surface area contributed by atoms with E-state index in [2.05, 4.69) is 26.1 Å². The summed E-state index contributed by atoms with van der Waals surface area (Å²) in [6.45, 7) is 6.59. The predicted octanol–water partition coefficient (Wildman–Crippen LogP) is 3.38. The average molecular weight is 314 g/mol. The van der Waals surface area contributed by atoms with E-state index in [1.807, 2.05) is 0 Å². The lowest BCUT2D eigenvalue weighted by atomic mass is 10.0. The number of nitrogens with two attached hydrogens (primary N) is 1. The van der Waals surface area contributed by atoms with Gasteiger partial charge in [0.25, 0.3) is 0 Å². The Morgan fingerprint density at radius 1 is 1.33 bits per heavy atom. The van der Waals surface area contributed by atoms with Crippen LogP contribution in [0.5, 0.6) is 0 Å². The van der Waals surface area contributed by atoms with Crippen molar-refractivity contribution in [3.8, 4) is 0 Å². The molecule has 0 bridgehead atoms. The molecule has 0 aromatic heterocycles. The Bertz CT molecular complexity index is 417. The van der Waals surface area contributed by atoms with E-state index in [-0.39, 0.29) is 24.6 Å². The van der Waals surface area contributed by atoms with Gasteiger partial charge in [0.1, 0.15) is 0 Å². The van der Waals surface area contributed by atoms with E-state index < -0.39 is 0 Å². The second kappa shape index (κ2) is 6.83. The van der Waals surface area contributed by atoms with Crippen LogP contribution < -0.4 is 11.1 Å². The molecule has 4 N–H and O–H groups in total. The fourth-order valence-electron chi connectivity index (χ4n) is 1.41. The molecule has 0 saturated heterocycles. The molecule has 0 radical (unpaired) electrons. The van der Waals surface area contributed by atoms with Gasteiger partial charge >= 0.3 is 0 Å². The van der Waals surface area contributed by atoms with Crippen LogP contribution in [0.4, 0.5) is 5.69 Å². The minimum Gasteiger partial charge on any atom is -0.396 e. The summed E-state index contributed by atoms with van der Waals surface area (Å²) in [5.74, 6) is 0. The molecule has 0 aliphatic rings. The first-order chi connectivity index (χ1) is 7.76. The van der Waals surface area contributed by atoms with Crippen molar-refractivity contribution in [1.29, 1.82) is 0 Å². The third-order valence-electron chi connectivity index (χ3n) is 2.41. The number of nitrogen functional groups attached to an aromatic ring is 1. The normalized spacial score (nSPS) is 11.2. The van der Waals surface area contributed by atoms with Gasteiger partial charge in [-0.3, -0.25) is 0 Å². The fraction of sp³-hybridized carbons (Fsp3) is 0.500. The topological polar surface area (TPSA) is 58.3 Å². The zero-order valence-electron chi connectivity index (χ0n) is 10.7. The number of hydrogen-bond acceptors (Lipinski definition) is 3. The second-order valence-corrected chi connectivity index (χ2v) is 5.77. The maximum absolute atomic E-state index is 9.30. The summed E-state index contributed by atoms with van der Waals surface area (Å²) in [6.07, 6.45) is 0. The van der Waals surface area contributed by atoms with E-state index in [9.17, 15) is 5.11 Å².